The summed E-state index contributed by atoms with van der Waals surface area (Å²) in [6, 6.07) is 8.05. The molecule has 0 saturated carbocycles. The highest BCUT2D eigenvalue weighted by Crippen LogP contribution is 2.61. The Labute approximate surface area is 109 Å². The number of benzene rings is 1. The molecule has 1 fully saturated rings. The number of fused-ring (bicyclic) bond motifs is 2. The molecule has 0 radical (unpaired) electrons. The fourth-order valence-corrected chi connectivity index (χ4v) is 4.35. The number of nitrogens with zero attached hydrogens (tertiary/aromatic N) is 1. The Bertz CT molecular complexity index is 736. The molecular weight excluding hydrogens is 268 g/mol. The van der Waals surface area contributed by atoms with Gasteiger partial charge in [0.1, 0.15) is 11.7 Å². The Morgan fingerprint density at radius 2 is 2.11 bits per heavy atom. The molecule has 1 aromatic rings. The largest absolute Gasteiger partial charge is 0.366 e. The SMILES string of the molecule is N#C[C@@]1(C(N)=O)O[C@@]12CCS(=O)(=O)c1ccccc12. The summed E-state index contributed by atoms with van der Waals surface area (Å²) in [5.74, 6) is -1.05. The average Bonchev–Trinajstić information content (AvgIpc) is 3.06. The van der Waals surface area contributed by atoms with E-state index in [1.807, 2.05) is 0 Å². The van der Waals surface area contributed by atoms with Gasteiger partial charge in [0, 0.05) is 5.56 Å². The Morgan fingerprint density at radius 1 is 1.42 bits per heavy atom. The molecule has 2 N–H and O–H groups in total. The van der Waals surface area contributed by atoms with Gasteiger partial charge in [0.05, 0.1) is 10.6 Å². The molecule has 0 unspecified atom stereocenters. The van der Waals surface area contributed by atoms with Crippen molar-refractivity contribution in [2.24, 2.45) is 5.73 Å². The summed E-state index contributed by atoms with van der Waals surface area (Å²) in [5, 5.41) is 9.17. The summed E-state index contributed by atoms with van der Waals surface area (Å²) in [5.41, 5.74) is 2.62. The Morgan fingerprint density at radius 3 is 2.68 bits per heavy atom. The first-order valence-electron chi connectivity index (χ1n) is 5.63. The fraction of sp³-hybridized carbons (Fsp3) is 0.333. The highest BCUT2D eigenvalue weighted by atomic mass is 32.2. The molecule has 19 heavy (non-hydrogen) atoms. The maximum absolute atomic E-state index is 12.0. The predicted octanol–water partition coefficient (Wildman–Crippen LogP) is -0.163. The molecule has 0 bridgehead atoms. The summed E-state index contributed by atoms with van der Waals surface area (Å²) in [6.45, 7) is 0. The quantitative estimate of drug-likeness (QED) is 0.717. The number of nitriles is 1. The fourth-order valence-electron chi connectivity index (χ4n) is 2.72. The molecule has 2 heterocycles. The number of amides is 1. The maximum atomic E-state index is 12.0. The van der Waals surface area contributed by atoms with Gasteiger partial charge in [-0.05, 0) is 12.5 Å². The van der Waals surface area contributed by atoms with Crippen LogP contribution in [0.3, 0.4) is 0 Å². The van der Waals surface area contributed by atoms with E-state index in [0.29, 0.717) is 5.56 Å². The summed E-state index contributed by atoms with van der Waals surface area (Å²) in [7, 11) is -3.40. The van der Waals surface area contributed by atoms with Crippen LogP contribution in [0, 0.1) is 11.3 Å². The number of primary amides is 1. The molecule has 2 aliphatic heterocycles. The van der Waals surface area contributed by atoms with E-state index < -0.39 is 26.9 Å². The van der Waals surface area contributed by atoms with Crippen molar-refractivity contribution in [3.63, 3.8) is 0 Å². The van der Waals surface area contributed by atoms with Crippen molar-refractivity contribution >= 4 is 15.7 Å². The third-order valence-corrected chi connectivity index (χ3v) is 5.51. The number of sulfone groups is 1. The van der Waals surface area contributed by atoms with Crippen LogP contribution in [0.15, 0.2) is 29.2 Å². The lowest BCUT2D eigenvalue weighted by Gasteiger charge is -2.23. The molecule has 2 aliphatic rings. The van der Waals surface area contributed by atoms with Gasteiger partial charge >= 0.3 is 0 Å². The van der Waals surface area contributed by atoms with Gasteiger partial charge in [-0.1, -0.05) is 18.2 Å². The van der Waals surface area contributed by atoms with Gasteiger partial charge in [0.25, 0.3) is 11.5 Å². The van der Waals surface area contributed by atoms with Crippen molar-refractivity contribution in [2.75, 3.05) is 5.75 Å². The molecule has 1 saturated heterocycles. The van der Waals surface area contributed by atoms with E-state index in [1.165, 1.54) is 6.07 Å². The van der Waals surface area contributed by atoms with Gasteiger partial charge in [-0.25, -0.2) is 8.42 Å². The van der Waals surface area contributed by atoms with E-state index in [-0.39, 0.29) is 17.1 Å². The third-order valence-electron chi connectivity index (χ3n) is 3.74. The zero-order chi connectivity index (χ0) is 13.9. The van der Waals surface area contributed by atoms with Crippen LogP contribution in [-0.4, -0.2) is 25.7 Å². The number of hydrogen-bond donors (Lipinski definition) is 1. The molecular formula is C12H10N2O4S. The van der Waals surface area contributed by atoms with Gasteiger partial charge < -0.3 is 10.5 Å². The van der Waals surface area contributed by atoms with Gasteiger partial charge in [0.2, 0.25) is 0 Å². The number of carbonyl (C=O) groups excluding carboxylic acids is 1. The Balaban J connectivity index is 2.25. The van der Waals surface area contributed by atoms with Crippen LogP contribution in [0.4, 0.5) is 0 Å². The molecule has 0 aromatic heterocycles. The minimum Gasteiger partial charge on any atom is -0.366 e. The van der Waals surface area contributed by atoms with Crippen LogP contribution in [0.1, 0.15) is 12.0 Å². The van der Waals surface area contributed by atoms with Crippen LogP contribution >= 0.6 is 0 Å². The first-order chi connectivity index (χ1) is 8.90. The molecule has 3 rings (SSSR count). The van der Waals surface area contributed by atoms with Crippen LogP contribution < -0.4 is 5.73 Å². The first kappa shape index (κ1) is 12.1. The van der Waals surface area contributed by atoms with E-state index in [1.54, 1.807) is 24.3 Å². The Kier molecular flexibility index (Phi) is 2.14. The van der Waals surface area contributed by atoms with Crippen molar-refractivity contribution in [1.82, 2.24) is 0 Å². The average molecular weight is 278 g/mol. The molecule has 0 aliphatic carbocycles. The summed E-state index contributed by atoms with van der Waals surface area (Å²) in [4.78, 5) is 11.6. The highest BCUT2D eigenvalue weighted by Gasteiger charge is 2.77. The minimum absolute atomic E-state index is 0.0584. The van der Waals surface area contributed by atoms with E-state index in [2.05, 4.69) is 0 Å². The summed E-state index contributed by atoms with van der Waals surface area (Å²) in [6.07, 6.45) is 0.0584. The maximum Gasteiger partial charge on any atom is 0.268 e. The Hall–Kier alpha value is -1.91. The number of nitrogens with two attached hydrogens (primary N) is 1. The van der Waals surface area contributed by atoms with E-state index in [4.69, 9.17) is 10.5 Å². The number of rotatable bonds is 1. The second-order valence-corrected chi connectivity index (χ2v) is 6.73. The number of epoxide rings is 1. The second kappa shape index (κ2) is 3.35. The zero-order valence-corrected chi connectivity index (χ0v) is 10.6. The molecule has 1 spiro atoms. The standard InChI is InChI=1S/C12H10N2O4S/c13-7-12(10(14)15)11(18-12)5-6-19(16,17)9-4-2-1-3-8(9)11/h1-4H,5-6H2,(H2,14,15)/t11-,12+/m1/s1. The number of carbonyl (C=O) groups is 1. The van der Waals surface area contributed by atoms with Crippen molar-refractivity contribution < 1.29 is 17.9 Å². The van der Waals surface area contributed by atoms with Crippen LogP contribution in [0.5, 0.6) is 0 Å². The van der Waals surface area contributed by atoms with Gasteiger partial charge in [-0.15, -0.1) is 0 Å². The lowest BCUT2D eigenvalue weighted by Crippen LogP contribution is -2.40. The van der Waals surface area contributed by atoms with Crippen molar-refractivity contribution in [2.45, 2.75) is 22.5 Å². The molecule has 1 aromatic carbocycles. The van der Waals surface area contributed by atoms with Gasteiger partial charge in [-0.3, -0.25) is 4.79 Å². The lowest BCUT2D eigenvalue weighted by atomic mass is 9.84. The molecule has 6 nitrogen and oxygen atoms in total. The van der Waals surface area contributed by atoms with E-state index in [9.17, 15) is 18.5 Å². The van der Waals surface area contributed by atoms with E-state index in [0.717, 1.165) is 0 Å². The molecule has 7 heteroatoms. The van der Waals surface area contributed by atoms with Crippen LogP contribution in [0.2, 0.25) is 0 Å². The molecule has 98 valence electrons. The number of ether oxygens (including phenoxy) is 1. The van der Waals surface area contributed by atoms with Crippen LogP contribution in [0.25, 0.3) is 0 Å². The monoisotopic (exact) mass is 278 g/mol. The summed E-state index contributed by atoms with van der Waals surface area (Å²) < 4.78 is 29.4. The van der Waals surface area contributed by atoms with Crippen molar-refractivity contribution in [3.8, 4) is 6.07 Å². The normalized spacial score (nSPS) is 34.3. The molecule has 2 atom stereocenters. The number of hydrogen-bond acceptors (Lipinski definition) is 5. The van der Waals surface area contributed by atoms with Crippen molar-refractivity contribution in [3.05, 3.63) is 29.8 Å². The zero-order valence-electron chi connectivity index (χ0n) is 9.79. The van der Waals surface area contributed by atoms with Gasteiger partial charge in [-0.2, -0.15) is 5.26 Å². The topological polar surface area (TPSA) is 114 Å². The second-order valence-electron chi connectivity index (χ2n) is 4.65. The first-order valence-corrected chi connectivity index (χ1v) is 7.28. The molecule has 1 amide bonds. The third kappa shape index (κ3) is 1.27. The lowest BCUT2D eigenvalue weighted by molar-refractivity contribution is -0.121. The van der Waals surface area contributed by atoms with Crippen LogP contribution in [-0.2, 0) is 25.0 Å². The highest BCUT2D eigenvalue weighted by molar-refractivity contribution is 7.91. The predicted molar refractivity (Wildman–Crippen MR) is 63.4 cm³/mol. The van der Waals surface area contributed by atoms with E-state index >= 15 is 0 Å². The summed E-state index contributed by atoms with van der Waals surface area (Å²) >= 11 is 0. The smallest absolute Gasteiger partial charge is 0.268 e. The van der Waals surface area contributed by atoms with Gasteiger partial charge in [0.15, 0.2) is 9.84 Å². The minimum atomic E-state index is -3.40. The van der Waals surface area contributed by atoms with Crippen molar-refractivity contribution in [1.29, 1.82) is 5.26 Å².